The number of piperazine rings is 1. The zero-order valence-electron chi connectivity index (χ0n) is 15.0. The summed E-state index contributed by atoms with van der Waals surface area (Å²) < 4.78 is 0. The first-order valence-corrected chi connectivity index (χ1v) is 8.95. The molecule has 0 amide bonds. The molecule has 1 aromatic carbocycles. The number of anilines is 1. The average Bonchev–Trinajstić information content (AvgIpc) is 2.67. The van der Waals surface area contributed by atoms with Crippen LogP contribution in [0, 0.1) is 10.1 Å². The van der Waals surface area contributed by atoms with Crippen molar-refractivity contribution in [2.24, 2.45) is 0 Å². The number of nitrogens with zero attached hydrogens (tertiary/aromatic N) is 4. The Morgan fingerprint density at radius 2 is 2.04 bits per heavy atom. The van der Waals surface area contributed by atoms with Gasteiger partial charge in [-0.05, 0) is 25.1 Å². The van der Waals surface area contributed by atoms with Crippen molar-refractivity contribution >= 4 is 11.5 Å². The van der Waals surface area contributed by atoms with Crippen LogP contribution in [-0.4, -0.2) is 59.5 Å². The Kier molecular flexibility index (Phi) is 6.14. The van der Waals surface area contributed by atoms with Gasteiger partial charge in [-0.2, -0.15) is 0 Å². The second-order valence-electron chi connectivity index (χ2n) is 6.66. The Balaban J connectivity index is 1.50. The van der Waals surface area contributed by atoms with Crippen molar-refractivity contribution in [1.29, 1.82) is 0 Å². The van der Waals surface area contributed by atoms with Crippen molar-refractivity contribution < 1.29 is 4.92 Å². The maximum Gasteiger partial charge on any atom is 0.287 e. The smallest absolute Gasteiger partial charge is 0.287 e. The predicted octanol–water partition coefficient (Wildman–Crippen LogP) is 2.78. The highest BCUT2D eigenvalue weighted by molar-refractivity contribution is 5.39. The number of nitro groups is 1. The second-order valence-corrected chi connectivity index (χ2v) is 6.66. The minimum Gasteiger partial charge on any atom is -0.370 e. The van der Waals surface area contributed by atoms with Gasteiger partial charge in [-0.3, -0.25) is 15.0 Å². The number of aromatic nitrogens is 1. The maximum atomic E-state index is 10.7. The summed E-state index contributed by atoms with van der Waals surface area (Å²) >= 11 is 0. The van der Waals surface area contributed by atoms with Crippen molar-refractivity contribution in [2.45, 2.75) is 12.5 Å². The van der Waals surface area contributed by atoms with Gasteiger partial charge >= 0.3 is 0 Å². The van der Waals surface area contributed by atoms with E-state index in [4.69, 9.17) is 0 Å². The van der Waals surface area contributed by atoms with E-state index in [1.807, 2.05) is 0 Å². The summed E-state index contributed by atoms with van der Waals surface area (Å²) in [5.74, 6) is 0.675. The molecule has 2 heterocycles. The molecule has 1 aliphatic rings. The first-order chi connectivity index (χ1) is 12.6. The van der Waals surface area contributed by atoms with Crippen LogP contribution in [0.15, 0.2) is 48.7 Å². The quantitative estimate of drug-likeness (QED) is 0.468. The van der Waals surface area contributed by atoms with E-state index < -0.39 is 4.92 Å². The van der Waals surface area contributed by atoms with Crippen molar-refractivity contribution in [3.8, 4) is 0 Å². The molecule has 2 aromatic rings. The van der Waals surface area contributed by atoms with E-state index in [9.17, 15) is 10.1 Å². The lowest BCUT2D eigenvalue weighted by Crippen LogP contribution is -2.47. The number of likely N-dealkylation sites (N-methyl/N-ethyl adjacent to an activating group) is 1. The molecule has 0 radical (unpaired) electrons. The van der Waals surface area contributed by atoms with E-state index in [0.29, 0.717) is 11.9 Å². The zero-order valence-corrected chi connectivity index (χ0v) is 15.0. The van der Waals surface area contributed by atoms with Gasteiger partial charge in [0, 0.05) is 44.8 Å². The molecular weight excluding hydrogens is 330 g/mol. The standard InChI is InChI=1S/C19H25N5O2/c1-22-12-13-23(18(15-22)16-6-3-2-4-7-16)11-5-10-20-19-9-8-17(14-21-19)24(25)26/h2-4,6-9,14,18H,5,10-13,15H2,1H3,(H,20,21)/t18-/m0/s1. The number of hydrogen-bond donors (Lipinski definition) is 1. The molecule has 1 aliphatic heterocycles. The number of hydrogen-bond acceptors (Lipinski definition) is 6. The van der Waals surface area contributed by atoms with Crippen LogP contribution in [0.5, 0.6) is 0 Å². The lowest BCUT2D eigenvalue weighted by Gasteiger charge is -2.40. The number of rotatable bonds is 7. The van der Waals surface area contributed by atoms with Crippen LogP contribution in [0.4, 0.5) is 11.5 Å². The van der Waals surface area contributed by atoms with Crippen molar-refractivity contribution in [2.75, 3.05) is 45.1 Å². The van der Waals surface area contributed by atoms with Gasteiger partial charge in [-0.25, -0.2) is 4.98 Å². The Morgan fingerprint density at radius 3 is 2.73 bits per heavy atom. The number of benzene rings is 1. The molecule has 1 N–H and O–H groups in total. The van der Waals surface area contributed by atoms with Gasteiger partial charge in [0.25, 0.3) is 5.69 Å². The summed E-state index contributed by atoms with van der Waals surface area (Å²) in [5, 5.41) is 13.9. The van der Waals surface area contributed by atoms with Crippen LogP contribution in [0.1, 0.15) is 18.0 Å². The predicted molar refractivity (Wildman–Crippen MR) is 102 cm³/mol. The zero-order chi connectivity index (χ0) is 18.4. The van der Waals surface area contributed by atoms with E-state index in [2.05, 4.69) is 57.5 Å². The summed E-state index contributed by atoms with van der Waals surface area (Å²) in [4.78, 5) is 19.2. The first kappa shape index (κ1) is 18.3. The van der Waals surface area contributed by atoms with Crippen LogP contribution >= 0.6 is 0 Å². The third-order valence-corrected chi connectivity index (χ3v) is 4.77. The maximum absolute atomic E-state index is 10.7. The first-order valence-electron chi connectivity index (χ1n) is 8.95. The van der Waals surface area contributed by atoms with E-state index in [1.54, 1.807) is 6.07 Å². The summed E-state index contributed by atoms with van der Waals surface area (Å²) in [6.07, 6.45) is 2.28. The van der Waals surface area contributed by atoms with Crippen LogP contribution in [0.25, 0.3) is 0 Å². The van der Waals surface area contributed by atoms with Gasteiger partial charge in [-0.15, -0.1) is 0 Å². The third-order valence-electron chi connectivity index (χ3n) is 4.77. The molecule has 0 bridgehead atoms. The Morgan fingerprint density at radius 1 is 1.23 bits per heavy atom. The molecule has 1 fully saturated rings. The Hall–Kier alpha value is -2.51. The summed E-state index contributed by atoms with van der Waals surface area (Å²) in [7, 11) is 2.18. The lowest BCUT2D eigenvalue weighted by atomic mass is 10.0. The van der Waals surface area contributed by atoms with Crippen LogP contribution in [0.3, 0.4) is 0 Å². The normalized spacial score (nSPS) is 18.6. The molecule has 26 heavy (non-hydrogen) atoms. The number of nitrogens with one attached hydrogen (secondary N) is 1. The second kappa shape index (κ2) is 8.73. The summed E-state index contributed by atoms with van der Waals surface area (Å²) in [5.41, 5.74) is 1.38. The van der Waals surface area contributed by atoms with Crippen LogP contribution in [0.2, 0.25) is 0 Å². The highest BCUT2D eigenvalue weighted by atomic mass is 16.6. The fraction of sp³-hybridized carbons (Fsp3) is 0.421. The van der Waals surface area contributed by atoms with Crippen molar-refractivity contribution in [3.63, 3.8) is 0 Å². The Bertz CT molecular complexity index is 708. The molecule has 1 atom stereocenters. The van der Waals surface area contributed by atoms with Crippen LogP contribution < -0.4 is 5.32 Å². The average molecular weight is 355 g/mol. The van der Waals surface area contributed by atoms with Crippen LogP contribution in [-0.2, 0) is 0 Å². The van der Waals surface area contributed by atoms with E-state index in [1.165, 1.54) is 17.8 Å². The summed E-state index contributed by atoms with van der Waals surface area (Å²) in [6.45, 7) is 4.99. The highest BCUT2D eigenvalue weighted by Crippen LogP contribution is 2.24. The van der Waals surface area contributed by atoms with Gasteiger partial charge in [0.05, 0.1) is 4.92 Å². The highest BCUT2D eigenvalue weighted by Gasteiger charge is 2.25. The van der Waals surface area contributed by atoms with Gasteiger partial charge < -0.3 is 10.2 Å². The molecule has 7 heteroatoms. The topological polar surface area (TPSA) is 74.5 Å². The summed E-state index contributed by atoms with van der Waals surface area (Å²) in [6, 6.07) is 14.2. The monoisotopic (exact) mass is 355 g/mol. The molecule has 0 saturated carbocycles. The lowest BCUT2D eigenvalue weighted by molar-refractivity contribution is -0.385. The molecule has 3 rings (SSSR count). The fourth-order valence-electron chi connectivity index (χ4n) is 3.31. The van der Waals surface area contributed by atoms with Gasteiger partial charge in [0.1, 0.15) is 12.0 Å². The van der Waals surface area contributed by atoms with Crippen molar-refractivity contribution in [1.82, 2.24) is 14.8 Å². The van der Waals surface area contributed by atoms with E-state index >= 15 is 0 Å². The molecule has 0 aliphatic carbocycles. The molecule has 1 aromatic heterocycles. The fourth-order valence-corrected chi connectivity index (χ4v) is 3.31. The molecule has 138 valence electrons. The minimum atomic E-state index is -0.437. The minimum absolute atomic E-state index is 0.0127. The van der Waals surface area contributed by atoms with Gasteiger partial charge in [0.2, 0.25) is 0 Å². The largest absolute Gasteiger partial charge is 0.370 e. The van der Waals surface area contributed by atoms with Crippen molar-refractivity contribution in [3.05, 3.63) is 64.3 Å². The van der Waals surface area contributed by atoms with Gasteiger partial charge in [-0.1, -0.05) is 30.3 Å². The third kappa shape index (κ3) is 4.77. The molecule has 0 spiro atoms. The molecular formula is C19H25N5O2. The van der Waals surface area contributed by atoms with Gasteiger partial charge in [0.15, 0.2) is 0 Å². The Labute approximate surface area is 153 Å². The van der Waals surface area contributed by atoms with E-state index in [-0.39, 0.29) is 5.69 Å². The van der Waals surface area contributed by atoms with E-state index in [0.717, 1.165) is 39.1 Å². The number of pyridine rings is 1. The molecule has 0 unspecified atom stereocenters. The molecule has 1 saturated heterocycles. The molecule has 7 nitrogen and oxygen atoms in total. The SMILES string of the molecule is CN1CCN(CCCNc2ccc([N+](=O)[O-])cn2)[C@H](c2ccccc2)C1.